The first kappa shape index (κ1) is 12.8. The maximum atomic E-state index is 13.2. The van der Waals surface area contributed by atoms with Crippen LogP contribution >= 0.6 is 15.9 Å². The van der Waals surface area contributed by atoms with Gasteiger partial charge >= 0.3 is 0 Å². The zero-order valence-corrected chi connectivity index (χ0v) is 11.8. The average Bonchev–Trinajstić information content (AvgIpc) is 2.66. The highest BCUT2D eigenvalue weighted by molar-refractivity contribution is 9.09. The Morgan fingerprint density at radius 1 is 1.05 bits per heavy atom. The number of rotatable bonds is 2. The molecule has 0 aliphatic heterocycles. The molecule has 0 nitrogen and oxygen atoms in total. The molecule has 0 saturated carbocycles. The van der Waals surface area contributed by atoms with E-state index in [1.165, 1.54) is 23.3 Å². The van der Waals surface area contributed by atoms with Crippen molar-refractivity contribution in [3.63, 3.8) is 0 Å². The van der Waals surface area contributed by atoms with Gasteiger partial charge in [-0.3, -0.25) is 0 Å². The number of hydrogen-bond donors (Lipinski definition) is 0. The third-order valence-electron chi connectivity index (χ3n) is 3.67. The predicted molar refractivity (Wildman–Crippen MR) is 75.4 cm³/mol. The lowest BCUT2D eigenvalue weighted by Crippen LogP contribution is -2.07. The molecule has 0 aromatic heterocycles. The molecule has 1 aliphatic carbocycles. The lowest BCUT2D eigenvalue weighted by Gasteiger charge is -2.14. The van der Waals surface area contributed by atoms with Gasteiger partial charge in [-0.2, -0.15) is 0 Å². The molecule has 0 heterocycles. The summed E-state index contributed by atoms with van der Waals surface area (Å²) in [6, 6.07) is 12.0. The van der Waals surface area contributed by atoms with Gasteiger partial charge < -0.3 is 0 Å². The number of fused-ring (bicyclic) bond motifs is 1. The first-order valence-electron chi connectivity index (χ1n) is 6.30. The fourth-order valence-electron chi connectivity index (χ4n) is 2.84. The van der Waals surface area contributed by atoms with E-state index in [9.17, 15) is 8.78 Å². The summed E-state index contributed by atoms with van der Waals surface area (Å²) in [5.41, 5.74) is 3.34. The minimum atomic E-state index is -0.503. The maximum Gasteiger partial charge on any atom is 0.126 e. The van der Waals surface area contributed by atoms with Gasteiger partial charge in [-0.1, -0.05) is 40.2 Å². The zero-order valence-electron chi connectivity index (χ0n) is 10.2. The summed E-state index contributed by atoms with van der Waals surface area (Å²) in [6.45, 7) is 0. The van der Waals surface area contributed by atoms with E-state index in [1.54, 1.807) is 0 Å². The molecule has 0 spiro atoms. The Morgan fingerprint density at radius 3 is 2.42 bits per heavy atom. The molecule has 1 aliphatic rings. The van der Waals surface area contributed by atoms with E-state index in [4.69, 9.17) is 0 Å². The summed E-state index contributed by atoms with van der Waals surface area (Å²) in [4.78, 5) is 0.259. The van der Waals surface area contributed by atoms with Gasteiger partial charge in [0.05, 0.1) is 0 Å². The van der Waals surface area contributed by atoms with Crippen LogP contribution < -0.4 is 0 Å². The number of alkyl halides is 1. The quantitative estimate of drug-likeness (QED) is 0.696. The fraction of sp³-hybridized carbons (Fsp3) is 0.250. The monoisotopic (exact) mass is 322 g/mol. The van der Waals surface area contributed by atoms with Crippen LogP contribution in [0.5, 0.6) is 0 Å². The Hall–Kier alpha value is -1.22. The third-order valence-corrected chi connectivity index (χ3v) is 4.91. The van der Waals surface area contributed by atoms with Crippen molar-refractivity contribution < 1.29 is 8.78 Å². The molecule has 3 heteroatoms. The maximum absolute atomic E-state index is 13.2. The van der Waals surface area contributed by atoms with Gasteiger partial charge in [0.2, 0.25) is 0 Å². The first-order chi connectivity index (χ1) is 9.13. The Balaban J connectivity index is 1.82. The molecule has 0 N–H and O–H groups in total. The summed E-state index contributed by atoms with van der Waals surface area (Å²) in [5, 5.41) is 0. The second kappa shape index (κ2) is 5.04. The molecule has 0 radical (unpaired) electrons. The van der Waals surface area contributed by atoms with Crippen LogP contribution in [0.1, 0.15) is 21.5 Å². The molecule has 19 heavy (non-hydrogen) atoms. The Bertz CT molecular complexity index is 589. The van der Waals surface area contributed by atoms with Crippen molar-refractivity contribution in [2.75, 3.05) is 0 Å². The van der Waals surface area contributed by atoms with Crippen molar-refractivity contribution in [1.29, 1.82) is 0 Å². The van der Waals surface area contributed by atoms with Crippen LogP contribution in [0.2, 0.25) is 0 Å². The van der Waals surface area contributed by atoms with E-state index in [-0.39, 0.29) is 4.83 Å². The predicted octanol–water partition coefficient (Wildman–Crippen LogP) is 4.82. The first-order valence-corrected chi connectivity index (χ1v) is 7.22. The van der Waals surface area contributed by atoms with Crippen LogP contribution in [0.4, 0.5) is 8.78 Å². The van der Waals surface area contributed by atoms with Crippen molar-refractivity contribution in [3.05, 3.63) is 70.8 Å². The topological polar surface area (TPSA) is 0 Å². The largest absolute Gasteiger partial charge is 0.207 e. The van der Waals surface area contributed by atoms with Gasteiger partial charge in [-0.05, 0) is 47.6 Å². The summed E-state index contributed by atoms with van der Waals surface area (Å²) in [5.74, 6) is -0.660. The Kier molecular flexibility index (Phi) is 3.40. The summed E-state index contributed by atoms with van der Waals surface area (Å²) >= 11 is 3.71. The molecule has 0 bridgehead atoms. The van der Waals surface area contributed by atoms with Crippen molar-refractivity contribution in [3.8, 4) is 0 Å². The molecule has 0 saturated heterocycles. The fourth-order valence-corrected chi connectivity index (χ4v) is 3.66. The van der Waals surface area contributed by atoms with E-state index in [2.05, 4.69) is 28.1 Å². The molecule has 2 aromatic carbocycles. The van der Waals surface area contributed by atoms with Crippen LogP contribution in [0.25, 0.3) is 0 Å². The van der Waals surface area contributed by atoms with Crippen molar-refractivity contribution in [2.45, 2.75) is 17.7 Å². The second-order valence-electron chi connectivity index (χ2n) is 5.05. The van der Waals surface area contributed by atoms with Gasteiger partial charge in [-0.15, -0.1) is 0 Å². The number of hydrogen-bond acceptors (Lipinski definition) is 0. The Morgan fingerprint density at radius 2 is 1.74 bits per heavy atom. The second-order valence-corrected chi connectivity index (χ2v) is 6.03. The molecule has 2 aromatic rings. The number of halogens is 3. The van der Waals surface area contributed by atoms with Gasteiger partial charge in [0.25, 0.3) is 0 Å². The molecule has 2 unspecified atom stereocenters. The van der Waals surface area contributed by atoms with E-state index in [1.807, 2.05) is 12.1 Å². The number of benzene rings is 2. The SMILES string of the molecule is Fc1cc(F)cc(CC2Cc3ccccc3C2Br)c1. The molecular formula is C16H13BrF2. The van der Waals surface area contributed by atoms with Crippen LogP contribution in [-0.2, 0) is 12.8 Å². The molecule has 3 rings (SSSR count). The standard InChI is InChI=1S/C16H13BrF2/c17-16-12(8-11-3-1-2-4-15(11)16)5-10-6-13(18)9-14(19)7-10/h1-4,6-7,9,12,16H,5,8H2. The van der Waals surface area contributed by atoms with Crippen LogP contribution in [0, 0.1) is 17.6 Å². The molecule has 2 atom stereocenters. The van der Waals surface area contributed by atoms with Gasteiger partial charge in [0.15, 0.2) is 0 Å². The van der Waals surface area contributed by atoms with Crippen LogP contribution in [-0.4, -0.2) is 0 Å². The molecule has 0 amide bonds. The molecule has 98 valence electrons. The van der Waals surface area contributed by atoms with Crippen molar-refractivity contribution in [1.82, 2.24) is 0 Å². The zero-order chi connectivity index (χ0) is 13.4. The normalized spacial score (nSPS) is 21.4. The molecular weight excluding hydrogens is 310 g/mol. The van der Waals surface area contributed by atoms with Gasteiger partial charge in [-0.25, -0.2) is 8.78 Å². The highest BCUT2D eigenvalue weighted by atomic mass is 79.9. The minimum Gasteiger partial charge on any atom is -0.207 e. The van der Waals surface area contributed by atoms with E-state index < -0.39 is 11.6 Å². The lowest BCUT2D eigenvalue weighted by atomic mass is 9.96. The summed E-state index contributed by atoms with van der Waals surface area (Å²) in [7, 11) is 0. The minimum absolute atomic E-state index is 0.259. The lowest BCUT2D eigenvalue weighted by molar-refractivity contribution is 0.540. The Labute approximate surface area is 119 Å². The van der Waals surface area contributed by atoms with Gasteiger partial charge in [0.1, 0.15) is 11.6 Å². The van der Waals surface area contributed by atoms with Crippen molar-refractivity contribution >= 4 is 15.9 Å². The average molecular weight is 323 g/mol. The van der Waals surface area contributed by atoms with E-state index in [0.29, 0.717) is 12.3 Å². The molecule has 0 fully saturated rings. The highest BCUT2D eigenvalue weighted by Crippen LogP contribution is 2.43. The highest BCUT2D eigenvalue weighted by Gasteiger charge is 2.30. The summed E-state index contributed by atoms with van der Waals surface area (Å²) in [6.07, 6.45) is 1.63. The smallest absolute Gasteiger partial charge is 0.126 e. The van der Waals surface area contributed by atoms with E-state index in [0.717, 1.165) is 18.1 Å². The van der Waals surface area contributed by atoms with Crippen LogP contribution in [0.3, 0.4) is 0 Å². The van der Waals surface area contributed by atoms with Crippen LogP contribution in [0.15, 0.2) is 42.5 Å². The summed E-state index contributed by atoms with van der Waals surface area (Å²) < 4.78 is 26.4. The van der Waals surface area contributed by atoms with Gasteiger partial charge in [0, 0.05) is 10.9 Å². The van der Waals surface area contributed by atoms with E-state index >= 15 is 0 Å². The van der Waals surface area contributed by atoms with Crippen molar-refractivity contribution in [2.24, 2.45) is 5.92 Å². The third kappa shape index (κ3) is 2.57.